The number of nitrogens with zero attached hydrogens (tertiary/aromatic N) is 4. The van der Waals surface area contributed by atoms with Gasteiger partial charge in [0.2, 0.25) is 5.91 Å². The maximum absolute atomic E-state index is 13.2. The van der Waals surface area contributed by atoms with Gasteiger partial charge in [0, 0.05) is 25.3 Å². The molecule has 164 valence electrons. The Labute approximate surface area is 189 Å². The summed E-state index contributed by atoms with van der Waals surface area (Å²) in [7, 11) is 0. The fourth-order valence-electron chi connectivity index (χ4n) is 3.59. The molecule has 0 saturated carbocycles. The largest absolute Gasteiger partial charge is 0.348 e. The second-order valence-electron chi connectivity index (χ2n) is 7.75. The molecule has 0 atom stereocenters. The van der Waals surface area contributed by atoms with Crippen LogP contribution in [0.3, 0.4) is 0 Å². The molecule has 0 aliphatic carbocycles. The monoisotopic (exact) mass is 457 g/mol. The van der Waals surface area contributed by atoms with E-state index in [9.17, 15) is 9.59 Å². The Morgan fingerprint density at radius 3 is 2.61 bits per heavy atom. The first-order chi connectivity index (χ1) is 15.0. The van der Waals surface area contributed by atoms with Crippen LogP contribution in [0.25, 0.3) is 10.3 Å². The van der Waals surface area contributed by atoms with Gasteiger partial charge in [-0.3, -0.25) is 14.2 Å². The van der Waals surface area contributed by atoms with Gasteiger partial charge in [-0.1, -0.05) is 47.7 Å². The van der Waals surface area contributed by atoms with Crippen molar-refractivity contribution >= 4 is 50.2 Å². The molecule has 1 aliphatic heterocycles. The number of benzene rings is 1. The number of aryl methyl sites for hydroxylation is 1. The summed E-state index contributed by atoms with van der Waals surface area (Å²) in [5.41, 5.74) is 2.33. The number of fused-ring (bicyclic) bond motifs is 1. The van der Waals surface area contributed by atoms with E-state index in [2.05, 4.69) is 20.2 Å². The molecule has 9 heteroatoms. The van der Waals surface area contributed by atoms with Crippen molar-refractivity contribution in [2.45, 2.75) is 51.2 Å². The predicted octanol–water partition coefficient (Wildman–Crippen LogP) is 4.29. The molecule has 1 saturated heterocycles. The number of rotatable bonds is 7. The molecule has 1 aliphatic rings. The van der Waals surface area contributed by atoms with E-state index in [0.29, 0.717) is 22.0 Å². The van der Waals surface area contributed by atoms with Crippen LogP contribution in [-0.4, -0.2) is 39.3 Å². The Kier molecular flexibility index (Phi) is 6.92. The van der Waals surface area contributed by atoms with Crippen molar-refractivity contribution in [3.8, 4) is 0 Å². The van der Waals surface area contributed by atoms with Crippen LogP contribution in [0.5, 0.6) is 0 Å². The molecular formula is C22H27N5O2S2. The van der Waals surface area contributed by atoms with Gasteiger partial charge in [-0.2, -0.15) is 4.98 Å². The molecular weight excluding hydrogens is 430 g/mol. The lowest BCUT2D eigenvalue weighted by molar-refractivity contribution is -0.113. The molecule has 0 bridgehead atoms. The first-order valence-electron chi connectivity index (χ1n) is 10.7. The average Bonchev–Trinajstić information content (AvgIpc) is 3.21. The number of piperidine rings is 1. The van der Waals surface area contributed by atoms with Crippen LogP contribution in [0.1, 0.15) is 38.2 Å². The first kappa shape index (κ1) is 21.8. The summed E-state index contributed by atoms with van der Waals surface area (Å²) in [4.78, 5) is 37.2. The van der Waals surface area contributed by atoms with Crippen LogP contribution in [0.15, 0.2) is 34.2 Å². The molecule has 3 aromatic rings. The highest BCUT2D eigenvalue weighted by molar-refractivity contribution is 7.99. The third-order valence-corrected chi connectivity index (χ3v) is 7.28. The van der Waals surface area contributed by atoms with Crippen molar-refractivity contribution in [3.05, 3.63) is 40.2 Å². The standard InChI is InChI=1S/C22H27N5O2S2/c1-3-11-27-20(29)18-19(24-21(31-18)26-12-5-4-6-13-26)25-22(27)30-14-17(28)23-16-9-7-15(2)8-10-16/h7-10H,3-6,11-14H2,1-2H3,(H,23,28). The Balaban J connectivity index is 1.55. The highest BCUT2D eigenvalue weighted by Crippen LogP contribution is 2.29. The number of anilines is 2. The van der Waals surface area contributed by atoms with Crippen molar-refractivity contribution in [1.29, 1.82) is 0 Å². The van der Waals surface area contributed by atoms with E-state index in [4.69, 9.17) is 0 Å². The molecule has 1 amide bonds. The van der Waals surface area contributed by atoms with E-state index in [1.54, 1.807) is 4.57 Å². The lowest BCUT2D eigenvalue weighted by Gasteiger charge is -2.25. The quantitative estimate of drug-likeness (QED) is 0.421. The number of hydrogen-bond acceptors (Lipinski definition) is 7. The van der Waals surface area contributed by atoms with Gasteiger partial charge in [-0.15, -0.1) is 0 Å². The first-order valence-corrected chi connectivity index (χ1v) is 12.5. The Bertz CT molecular complexity index is 1120. The minimum atomic E-state index is -0.126. The van der Waals surface area contributed by atoms with Crippen LogP contribution in [-0.2, 0) is 11.3 Å². The van der Waals surface area contributed by atoms with Crippen molar-refractivity contribution in [2.75, 3.05) is 29.1 Å². The fourth-order valence-corrected chi connectivity index (χ4v) is 5.41. The number of carbonyl (C=O) groups excluding carboxylic acids is 1. The second kappa shape index (κ2) is 9.82. The Morgan fingerprint density at radius 2 is 1.90 bits per heavy atom. The minimum absolute atomic E-state index is 0.0611. The number of hydrogen-bond donors (Lipinski definition) is 1. The fraction of sp³-hybridized carbons (Fsp3) is 0.455. The maximum atomic E-state index is 13.2. The molecule has 7 nitrogen and oxygen atoms in total. The number of amides is 1. The van der Waals surface area contributed by atoms with Crippen LogP contribution < -0.4 is 15.8 Å². The van der Waals surface area contributed by atoms with Gasteiger partial charge in [0.05, 0.1) is 5.75 Å². The van der Waals surface area contributed by atoms with Crippen LogP contribution >= 0.6 is 23.1 Å². The zero-order valence-corrected chi connectivity index (χ0v) is 19.5. The van der Waals surface area contributed by atoms with E-state index in [0.717, 1.165) is 48.7 Å². The van der Waals surface area contributed by atoms with E-state index >= 15 is 0 Å². The molecule has 1 aromatic carbocycles. The number of carbonyl (C=O) groups is 1. The van der Waals surface area contributed by atoms with E-state index in [1.165, 1.54) is 29.5 Å². The average molecular weight is 458 g/mol. The zero-order chi connectivity index (χ0) is 21.8. The smallest absolute Gasteiger partial charge is 0.273 e. The summed E-state index contributed by atoms with van der Waals surface area (Å²) < 4.78 is 2.28. The third kappa shape index (κ3) is 5.10. The lowest BCUT2D eigenvalue weighted by atomic mass is 10.1. The molecule has 0 spiro atoms. The van der Waals surface area contributed by atoms with Crippen molar-refractivity contribution in [1.82, 2.24) is 14.5 Å². The third-order valence-electron chi connectivity index (χ3n) is 5.21. The number of thiazole rings is 1. The second-order valence-corrected chi connectivity index (χ2v) is 9.67. The van der Waals surface area contributed by atoms with E-state index in [-0.39, 0.29) is 17.2 Å². The highest BCUT2D eigenvalue weighted by atomic mass is 32.2. The molecule has 2 aromatic heterocycles. The lowest BCUT2D eigenvalue weighted by Crippen LogP contribution is -2.29. The normalized spacial score (nSPS) is 14.2. The molecule has 1 fully saturated rings. The molecule has 0 radical (unpaired) electrons. The Hall–Kier alpha value is -2.39. The predicted molar refractivity (Wildman–Crippen MR) is 129 cm³/mol. The van der Waals surface area contributed by atoms with E-state index < -0.39 is 0 Å². The summed E-state index contributed by atoms with van der Waals surface area (Å²) in [5, 5.41) is 4.32. The van der Waals surface area contributed by atoms with Gasteiger partial charge in [0.25, 0.3) is 5.56 Å². The maximum Gasteiger partial charge on any atom is 0.273 e. The van der Waals surface area contributed by atoms with Gasteiger partial charge >= 0.3 is 0 Å². The summed E-state index contributed by atoms with van der Waals surface area (Å²) in [5.74, 6) is 0.0529. The van der Waals surface area contributed by atoms with Crippen LogP contribution in [0.2, 0.25) is 0 Å². The summed E-state index contributed by atoms with van der Waals surface area (Å²) in [6.45, 7) is 6.56. The molecule has 1 N–H and O–H groups in total. The summed E-state index contributed by atoms with van der Waals surface area (Å²) in [6.07, 6.45) is 4.36. The molecule has 31 heavy (non-hydrogen) atoms. The van der Waals surface area contributed by atoms with Gasteiger partial charge in [-0.25, -0.2) is 4.98 Å². The van der Waals surface area contributed by atoms with Crippen molar-refractivity contribution in [2.24, 2.45) is 0 Å². The van der Waals surface area contributed by atoms with Gasteiger partial charge < -0.3 is 10.2 Å². The Morgan fingerprint density at radius 1 is 1.16 bits per heavy atom. The number of nitrogens with one attached hydrogen (secondary N) is 1. The van der Waals surface area contributed by atoms with Gasteiger partial charge in [-0.05, 0) is 44.7 Å². The SMILES string of the molecule is CCCn1c(SCC(=O)Nc2ccc(C)cc2)nc2nc(N3CCCCC3)sc2c1=O. The van der Waals surface area contributed by atoms with E-state index in [1.807, 2.05) is 38.1 Å². The highest BCUT2D eigenvalue weighted by Gasteiger charge is 2.20. The van der Waals surface area contributed by atoms with Crippen molar-refractivity contribution in [3.63, 3.8) is 0 Å². The molecule has 4 rings (SSSR count). The minimum Gasteiger partial charge on any atom is -0.348 e. The summed E-state index contributed by atoms with van der Waals surface area (Å²) >= 11 is 2.72. The van der Waals surface area contributed by atoms with Gasteiger partial charge in [0.1, 0.15) is 4.70 Å². The van der Waals surface area contributed by atoms with Crippen LogP contribution in [0.4, 0.5) is 10.8 Å². The number of aromatic nitrogens is 3. The topological polar surface area (TPSA) is 80.1 Å². The van der Waals surface area contributed by atoms with Crippen LogP contribution in [0, 0.1) is 6.92 Å². The summed E-state index contributed by atoms with van der Waals surface area (Å²) in [6, 6.07) is 7.68. The van der Waals surface area contributed by atoms with Crippen molar-refractivity contribution < 1.29 is 4.79 Å². The molecule has 0 unspecified atom stereocenters. The molecule has 3 heterocycles. The number of thioether (sulfide) groups is 1. The zero-order valence-electron chi connectivity index (χ0n) is 17.9. The van der Waals surface area contributed by atoms with Gasteiger partial charge in [0.15, 0.2) is 15.9 Å².